The molecule has 0 nitrogen and oxygen atoms in total. The molecule has 1 aliphatic rings. The van der Waals surface area contributed by atoms with Crippen molar-refractivity contribution in [3.63, 3.8) is 0 Å². The Hall–Kier alpha value is -0.260. The smallest absolute Gasteiger partial charge is 0.0294 e. The lowest BCUT2D eigenvalue weighted by Crippen LogP contribution is -1.94. The Kier molecular flexibility index (Phi) is 2.41. The lowest BCUT2D eigenvalue weighted by Gasteiger charge is -2.06. The second kappa shape index (κ2) is 3.00. The summed E-state index contributed by atoms with van der Waals surface area (Å²) in [5, 5.41) is 0. The predicted octanol–water partition coefficient (Wildman–Crippen LogP) is 3.78. The molecule has 2 unspecified atom stereocenters. The molecule has 0 spiro atoms. The van der Waals surface area contributed by atoms with Crippen LogP contribution in [-0.2, 0) is 0 Å². The van der Waals surface area contributed by atoms with E-state index in [-0.39, 0.29) is 0 Å². The highest BCUT2D eigenvalue weighted by Crippen LogP contribution is 2.55. The Balaban J connectivity index is 2.19. The highest BCUT2D eigenvalue weighted by molar-refractivity contribution is 5.00. The maximum atomic E-state index is 2.41. The Bertz CT molecular complexity index is 163. The van der Waals surface area contributed by atoms with E-state index in [4.69, 9.17) is 0 Å². The maximum Gasteiger partial charge on any atom is -0.0294 e. The first-order chi connectivity index (χ1) is 5.04. The average Bonchev–Trinajstić information content (AvgIpc) is 2.39. The lowest BCUT2D eigenvalue weighted by molar-refractivity contribution is 0.479. The molecule has 1 rings (SSSR count). The van der Waals surface area contributed by atoms with Crippen molar-refractivity contribution in [2.75, 3.05) is 0 Å². The summed E-state index contributed by atoms with van der Waals surface area (Å²) in [7, 11) is 0. The first-order valence-electron chi connectivity index (χ1n) is 4.68. The maximum absolute atomic E-state index is 2.41. The molecule has 0 aromatic heterocycles. The Labute approximate surface area is 70.7 Å². The van der Waals surface area contributed by atoms with Crippen molar-refractivity contribution < 1.29 is 0 Å². The van der Waals surface area contributed by atoms with E-state index in [1.165, 1.54) is 24.8 Å². The number of hydrogen-bond donors (Lipinski definition) is 0. The van der Waals surface area contributed by atoms with Gasteiger partial charge in [-0.3, -0.25) is 0 Å². The van der Waals surface area contributed by atoms with Gasteiger partial charge in [-0.1, -0.05) is 25.5 Å². The van der Waals surface area contributed by atoms with Crippen molar-refractivity contribution in [3.05, 3.63) is 11.6 Å². The fourth-order valence-electron chi connectivity index (χ4n) is 1.68. The molecular formula is C11H20. The van der Waals surface area contributed by atoms with Crippen molar-refractivity contribution in [1.29, 1.82) is 0 Å². The van der Waals surface area contributed by atoms with Gasteiger partial charge in [0, 0.05) is 0 Å². The van der Waals surface area contributed by atoms with Gasteiger partial charge in [0.05, 0.1) is 0 Å². The molecule has 0 saturated heterocycles. The van der Waals surface area contributed by atoms with Gasteiger partial charge in [0.25, 0.3) is 0 Å². The summed E-state index contributed by atoms with van der Waals surface area (Å²) in [5.41, 5.74) is 2.16. The van der Waals surface area contributed by atoms with Gasteiger partial charge in [-0.05, 0) is 44.4 Å². The zero-order chi connectivity index (χ0) is 8.48. The van der Waals surface area contributed by atoms with E-state index in [1.54, 1.807) is 0 Å². The summed E-state index contributed by atoms with van der Waals surface area (Å²) >= 11 is 0. The summed E-state index contributed by atoms with van der Waals surface area (Å²) in [6.07, 6.45) is 6.47. The van der Waals surface area contributed by atoms with Gasteiger partial charge >= 0.3 is 0 Å². The minimum atomic E-state index is 0.700. The molecule has 11 heavy (non-hydrogen) atoms. The van der Waals surface area contributed by atoms with E-state index >= 15 is 0 Å². The zero-order valence-electron chi connectivity index (χ0n) is 8.28. The van der Waals surface area contributed by atoms with Crippen LogP contribution in [-0.4, -0.2) is 0 Å². The van der Waals surface area contributed by atoms with Crippen LogP contribution in [0.4, 0.5) is 0 Å². The second-order valence-corrected chi connectivity index (χ2v) is 4.58. The van der Waals surface area contributed by atoms with E-state index in [0.29, 0.717) is 5.41 Å². The first-order valence-corrected chi connectivity index (χ1v) is 4.68. The third kappa shape index (κ3) is 2.36. The topological polar surface area (TPSA) is 0 Å². The Morgan fingerprint density at radius 1 is 1.55 bits per heavy atom. The van der Waals surface area contributed by atoms with E-state index in [2.05, 4.69) is 33.8 Å². The number of rotatable bonds is 3. The van der Waals surface area contributed by atoms with Crippen LogP contribution in [0.25, 0.3) is 0 Å². The number of allylic oxidation sites excluding steroid dienone is 2. The van der Waals surface area contributed by atoms with E-state index in [9.17, 15) is 0 Å². The average molecular weight is 152 g/mol. The van der Waals surface area contributed by atoms with Gasteiger partial charge in [-0.25, -0.2) is 0 Å². The largest absolute Gasteiger partial charge is 0.0859 e. The molecule has 0 aromatic carbocycles. The molecule has 0 bridgehead atoms. The fraction of sp³-hybridized carbons (Fsp3) is 0.818. The summed E-state index contributed by atoms with van der Waals surface area (Å²) in [4.78, 5) is 0. The quantitative estimate of drug-likeness (QED) is 0.540. The van der Waals surface area contributed by atoms with Gasteiger partial charge in [0.1, 0.15) is 0 Å². The summed E-state index contributed by atoms with van der Waals surface area (Å²) < 4.78 is 0. The van der Waals surface area contributed by atoms with Gasteiger partial charge in [0.2, 0.25) is 0 Å². The second-order valence-electron chi connectivity index (χ2n) is 4.58. The Morgan fingerprint density at radius 2 is 2.09 bits per heavy atom. The lowest BCUT2D eigenvalue weighted by atomic mass is 9.99. The molecule has 0 heterocycles. The molecule has 1 aliphatic carbocycles. The van der Waals surface area contributed by atoms with Crippen LogP contribution in [0.5, 0.6) is 0 Å². The van der Waals surface area contributed by atoms with Gasteiger partial charge < -0.3 is 0 Å². The third-order valence-electron chi connectivity index (χ3n) is 3.07. The molecular weight excluding hydrogens is 132 g/mol. The van der Waals surface area contributed by atoms with Crippen LogP contribution >= 0.6 is 0 Å². The van der Waals surface area contributed by atoms with Crippen LogP contribution in [0.15, 0.2) is 11.6 Å². The van der Waals surface area contributed by atoms with Crippen LogP contribution < -0.4 is 0 Å². The Morgan fingerprint density at radius 3 is 2.45 bits per heavy atom. The predicted molar refractivity (Wildman–Crippen MR) is 50.6 cm³/mol. The molecule has 0 amide bonds. The van der Waals surface area contributed by atoms with E-state index in [1.807, 2.05) is 0 Å². The van der Waals surface area contributed by atoms with Crippen LogP contribution in [0.1, 0.15) is 47.0 Å². The van der Waals surface area contributed by atoms with Crippen molar-refractivity contribution in [2.24, 2.45) is 11.3 Å². The van der Waals surface area contributed by atoms with Gasteiger partial charge in [-0.2, -0.15) is 0 Å². The van der Waals surface area contributed by atoms with E-state index in [0.717, 1.165) is 5.92 Å². The number of hydrogen-bond acceptors (Lipinski definition) is 0. The molecule has 0 heteroatoms. The minimum absolute atomic E-state index is 0.700. The standard InChI is InChI=1S/C11H20/c1-9(2)6-5-7-11(4)8-10(11)3/h6,10H,5,7-8H2,1-4H3. The highest BCUT2D eigenvalue weighted by atomic mass is 14.5. The van der Waals surface area contributed by atoms with Crippen LogP contribution in [0, 0.1) is 11.3 Å². The van der Waals surface area contributed by atoms with Crippen LogP contribution in [0.2, 0.25) is 0 Å². The minimum Gasteiger partial charge on any atom is -0.0859 e. The molecule has 0 radical (unpaired) electrons. The molecule has 1 fully saturated rings. The fourth-order valence-corrected chi connectivity index (χ4v) is 1.68. The molecule has 0 aliphatic heterocycles. The van der Waals surface area contributed by atoms with Crippen molar-refractivity contribution in [3.8, 4) is 0 Å². The molecule has 2 atom stereocenters. The summed E-state index contributed by atoms with van der Waals surface area (Å²) in [6.45, 7) is 9.14. The third-order valence-corrected chi connectivity index (χ3v) is 3.07. The van der Waals surface area contributed by atoms with Crippen LogP contribution in [0.3, 0.4) is 0 Å². The van der Waals surface area contributed by atoms with Gasteiger partial charge in [0.15, 0.2) is 0 Å². The molecule has 64 valence electrons. The monoisotopic (exact) mass is 152 g/mol. The van der Waals surface area contributed by atoms with Crippen molar-refractivity contribution in [1.82, 2.24) is 0 Å². The molecule has 0 aromatic rings. The molecule has 1 saturated carbocycles. The summed E-state index contributed by atoms with van der Waals surface area (Å²) in [5.74, 6) is 0.980. The molecule has 0 N–H and O–H groups in total. The van der Waals surface area contributed by atoms with E-state index < -0.39 is 0 Å². The van der Waals surface area contributed by atoms with Crippen molar-refractivity contribution in [2.45, 2.75) is 47.0 Å². The first kappa shape index (κ1) is 8.83. The highest BCUT2D eigenvalue weighted by Gasteiger charge is 2.45. The zero-order valence-corrected chi connectivity index (χ0v) is 8.28. The van der Waals surface area contributed by atoms with Gasteiger partial charge in [-0.15, -0.1) is 0 Å². The normalized spacial score (nSPS) is 35.1. The van der Waals surface area contributed by atoms with Crippen molar-refractivity contribution >= 4 is 0 Å². The SMILES string of the molecule is CC(C)=CCCC1(C)CC1C. The summed E-state index contributed by atoms with van der Waals surface area (Å²) in [6, 6.07) is 0.